The van der Waals surface area contributed by atoms with Gasteiger partial charge in [0, 0.05) is 0 Å². The van der Waals surface area contributed by atoms with Crippen LogP contribution >= 0.6 is 0 Å². The van der Waals surface area contributed by atoms with Crippen LogP contribution in [0.25, 0.3) is 0 Å². The molecule has 0 radical (unpaired) electrons. The molecule has 30 heavy (non-hydrogen) atoms. The molecule has 1 saturated heterocycles. The molecule has 1 aliphatic heterocycles. The maximum absolute atomic E-state index is 12.9. The lowest BCUT2D eigenvalue weighted by Gasteiger charge is -2.22. The summed E-state index contributed by atoms with van der Waals surface area (Å²) in [6.45, 7) is 1.16. The second-order valence-corrected chi connectivity index (χ2v) is 6.90. The zero-order chi connectivity index (χ0) is 21.7. The molecule has 156 valence electrons. The number of amides is 5. The van der Waals surface area contributed by atoms with Crippen molar-refractivity contribution < 1.29 is 23.9 Å². The van der Waals surface area contributed by atoms with Gasteiger partial charge in [0.05, 0.1) is 20.1 Å². The first kappa shape index (κ1) is 20.8. The molecule has 0 bridgehead atoms. The van der Waals surface area contributed by atoms with E-state index in [-0.39, 0.29) is 18.9 Å². The number of carbonyl (C=O) groups excluding carboxylic acids is 4. The van der Waals surface area contributed by atoms with Crippen LogP contribution in [-0.4, -0.2) is 42.4 Å². The van der Waals surface area contributed by atoms with Crippen molar-refractivity contribution in [2.45, 2.75) is 18.9 Å². The van der Waals surface area contributed by atoms with Crippen molar-refractivity contribution in [2.75, 3.05) is 13.7 Å². The SMILES string of the molecule is COc1cccc([C@@]2(C)NC(=O)N(NC(=O)CNC(=O)Cc3ccccc3)C2=O)c1. The predicted octanol–water partition coefficient (Wildman–Crippen LogP) is 0.852. The second kappa shape index (κ2) is 8.64. The molecule has 2 aromatic carbocycles. The Bertz CT molecular complexity index is 978. The molecule has 1 atom stereocenters. The van der Waals surface area contributed by atoms with Crippen LogP contribution in [0.2, 0.25) is 0 Å². The number of ether oxygens (including phenoxy) is 1. The molecule has 2 aromatic rings. The Morgan fingerprint density at radius 1 is 1.07 bits per heavy atom. The molecular weight excluding hydrogens is 388 g/mol. The zero-order valence-corrected chi connectivity index (χ0v) is 16.6. The van der Waals surface area contributed by atoms with Gasteiger partial charge >= 0.3 is 6.03 Å². The number of benzene rings is 2. The van der Waals surface area contributed by atoms with Gasteiger partial charge in [-0.3, -0.25) is 19.8 Å². The van der Waals surface area contributed by atoms with Gasteiger partial charge in [-0.15, -0.1) is 0 Å². The number of hydrogen-bond donors (Lipinski definition) is 3. The van der Waals surface area contributed by atoms with Gasteiger partial charge in [-0.2, -0.15) is 5.01 Å². The third kappa shape index (κ3) is 4.40. The van der Waals surface area contributed by atoms with E-state index in [9.17, 15) is 19.2 Å². The van der Waals surface area contributed by atoms with Crippen molar-refractivity contribution >= 4 is 23.8 Å². The average molecular weight is 410 g/mol. The first-order valence-electron chi connectivity index (χ1n) is 9.25. The third-order valence-electron chi connectivity index (χ3n) is 4.73. The maximum atomic E-state index is 12.9. The predicted molar refractivity (Wildman–Crippen MR) is 107 cm³/mol. The summed E-state index contributed by atoms with van der Waals surface area (Å²) in [6.07, 6.45) is 0.116. The molecule has 0 saturated carbocycles. The largest absolute Gasteiger partial charge is 0.497 e. The summed E-state index contributed by atoms with van der Waals surface area (Å²) in [6, 6.07) is 15.0. The monoisotopic (exact) mass is 410 g/mol. The van der Waals surface area contributed by atoms with E-state index in [1.54, 1.807) is 36.4 Å². The number of methoxy groups -OCH3 is 1. The number of nitrogens with zero attached hydrogens (tertiary/aromatic N) is 1. The van der Waals surface area contributed by atoms with Gasteiger partial charge in [-0.1, -0.05) is 42.5 Å². The molecule has 0 spiro atoms. The van der Waals surface area contributed by atoms with Crippen molar-refractivity contribution in [1.29, 1.82) is 0 Å². The van der Waals surface area contributed by atoms with E-state index in [0.29, 0.717) is 16.3 Å². The van der Waals surface area contributed by atoms with Crippen LogP contribution in [0.3, 0.4) is 0 Å². The van der Waals surface area contributed by atoms with Gasteiger partial charge in [0.25, 0.3) is 11.8 Å². The minimum atomic E-state index is -1.37. The van der Waals surface area contributed by atoms with Crippen molar-refractivity contribution in [1.82, 2.24) is 21.1 Å². The molecule has 3 N–H and O–H groups in total. The molecule has 1 heterocycles. The van der Waals surface area contributed by atoms with Gasteiger partial charge in [-0.25, -0.2) is 4.79 Å². The quantitative estimate of drug-likeness (QED) is 0.585. The molecule has 9 nitrogen and oxygen atoms in total. The minimum absolute atomic E-state index is 0.116. The summed E-state index contributed by atoms with van der Waals surface area (Å²) in [5.74, 6) is -1.17. The summed E-state index contributed by atoms with van der Waals surface area (Å²) < 4.78 is 5.16. The first-order chi connectivity index (χ1) is 14.3. The fraction of sp³-hybridized carbons (Fsp3) is 0.238. The van der Waals surface area contributed by atoms with Crippen molar-refractivity contribution in [3.05, 3.63) is 65.7 Å². The number of imide groups is 1. The van der Waals surface area contributed by atoms with Crippen LogP contribution in [-0.2, 0) is 26.3 Å². The molecule has 1 aliphatic rings. The number of hydrogen-bond acceptors (Lipinski definition) is 5. The van der Waals surface area contributed by atoms with E-state index in [2.05, 4.69) is 16.1 Å². The van der Waals surface area contributed by atoms with Gasteiger partial charge in [0.1, 0.15) is 11.3 Å². The highest BCUT2D eigenvalue weighted by molar-refractivity contribution is 6.08. The molecule has 1 fully saturated rings. The Morgan fingerprint density at radius 2 is 1.80 bits per heavy atom. The molecule has 0 aromatic heterocycles. The van der Waals surface area contributed by atoms with Gasteiger partial charge in [-0.05, 0) is 30.2 Å². The average Bonchev–Trinajstić information content (AvgIpc) is 2.97. The lowest BCUT2D eigenvalue weighted by Crippen LogP contribution is -2.50. The fourth-order valence-electron chi connectivity index (χ4n) is 3.06. The highest BCUT2D eigenvalue weighted by Crippen LogP contribution is 2.30. The van der Waals surface area contributed by atoms with Crippen LogP contribution in [0.5, 0.6) is 5.75 Å². The number of hydrazine groups is 1. The minimum Gasteiger partial charge on any atom is -0.497 e. The summed E-state index contributed by atoms with van der Waals surface area (Å²) in [5.41, 5.74) is 2.18. The van der Waals surface area contributed by atoms with E-state index in [4.69, 9.17) is 4.74 Å². The molecule has 5 amide bonds. The second-order valence-electron chi connectivity index (χ2n) is 6.90. The molecule has 3 rings (SSSR count). The van der Waals surface area contributed by atoms with Crippen LogP contribution in [0.1, 0.15) is 18.1 Å². The Kier molecular flexibility index (Phi) is 6.01. The fourth-order valence-corrected chi connectivity index (χ4v) is 3.06. The smallest absolute Gasteiger partial charge is 0.344 e. The lowest BCUT2D eigenvalue weighted by molar-refractivity contribution is -0.138. The third-order valence-corrected chi connectivity index (χ3v) is 4.73. The van der Waals surface area contributed by atoms with Crippen molar-refractivity contribution in [3.63, 3.8) is 0 Å². The van der Waals surface area contributed by atoms with Crippen molar-refractivity contribution in [3.8, 4) is 5.75 Å². The molecule has 0 aliphatic carbocycles. The van der Waals surface area contributed by atoms with Gasteiger partial charge < -0.3 is 15.4 Å². The first-order valence-corrected chi connectivity index (χ1v) is 9.25. The summed E-state index contributed by atoms with van der Waals surface area (Å²) in [5, 5.41) is 5.66. The summed E-state index contributed by atoms with van der Waals surface area (Å²) in [4.78, 5) is 49.3. The highest BCUT2D eigenvalue weighted by atomic mass is 16.5. The van der Waals surface area contributed by atoms with Crippen LogP contribution in [0.4, 0.5) is 4.79 Å². The molecule has 0 unspecified atom stereocenters. The Hall–Kier alpha value is -3.88. The van der Waals surface area contributed by atoms with E-state index < -0.39 is 23.4 Å². The Balaban J connectivity index is 1.59. The van der Waals surface area contributed by atoms with E-state index >= 15 is 0 Å². The highest BCUT2D eigenvalue weighted by Gasteiger charge is 2.50. The lowest BCUT2D eigenvalue weighted by atomic mass is 9.92. The van der Waals surface area contributed by atoms with E-state index in [1.165, 1.54) is 14.0 Å². The normalized spacial score (nSPS) is 18.0. The summed E-state index contributed by atoms with van der Waals surface area (Å²) >= 11 is 0. The van der Waals surface area contributed by atoms with Gasteiger partial charge in [0.2, 0.25) is 5.91 Å². The maximum Gasteiger partial charge on any atom is 0.344 e. The number of rotatable bonds is 7. The van der Waals surface area contributed by atoms with Crippen LogP contribution in [0.15, 0.2) is 54.6 Å². The Morgan fingerprint density at radius 3 is 2.50 bits per heavy atom. The van der Waals surface area contributed by atoms with E-state index in [0.717, 1.165) is 5.56 Å². The van der Waals surface area contributed by atoms with E-state index in [1.807, 2.05) is 18.2 Å². The topological polar surface area (TPSA) is 117 Å². The molecule has 9 heteroatoms. The molecular formula is C21H22N4O5. The Labute approximate surface area is 173 Å². The van der Waals surface area contributed by atoms with Crippen LogP contribution in [0, 0.1) is 0 Å². The van der Waals surface area contributed by atoms with Crippen molar-refractivity contribution in [2.24, 2.45) is 0 Å². The number of carbonyl (C=O) groups is 4. The van der Waals surface area contributed by atoms with Crippen LogP contribution < -0.4 is 20.8 Å². The summed E-state index contributed by atoms with van der Waals surface area (Å²) in [7, 11) is 1.50. The van der Waals surface area contributed by atoms with Gasteiger partial charge in [0.15, 0.2) is 0 Å². The zero-order valence-electron chi connectivity index (χ0n) is 16.6. The standard InChI is InChI=1S/C21H22N4O5/c1-21(15-9-6-10-16(12-15)30-2)19(28)25(20(29)23-21)24-18(27)13-22-17(26)11-14-7-4-3-5-8-14/h3-10,12H,11,13H2,1-2H3,(H,22,26)(H,23,29)(H,24,27)/t21-/m1/s1. The number of nitrogens with one attached hydrogen (secondary N) is 3. The number of urea groups is 1.